The molecule has 0 amide bonds. The van der Waals surface area contributed by atoms with Gasteiger partial charge in [-0.05, 0) is 128 Å². The molecular weight excluding hydrogens is 865 g/mol. The molecule has 0 radical (unpaired) electrons. The molecule has 0 spiro atoms. The number of benzene rings is 7. The van der Waals surface area contributed by atoms with E-state index in [1.54, 1.807) is 0 Å². The number of ether oxygens (including phenoxy) is 1. The molecule has 9 aromatic rings. The van der Waals surface area contributed by atoms with Crippen LogP contribution >= 0.6 is 0 Å². The Kier molecular flexibility index (Phi) is 11.6. The molecule has 0 saturated heterocycles. The highest BCUT2D eigenvalue weighted by molar-refractivity contribution is 6.10. The van der Waals surface area contributed by atoms with Crippen molar-refractivity contribution in [3.8, 4) is 17.3 Å². The van der Waals surface area contributed by atoms with E-state index in [4.69, 9.17) is 9.72 Å². The van der Waals surface area contributed by atoms with Crippen LogP contribution in [0.25, 0.3) is 27.6 Å². The summed E-state index contributed by atoms with van der Waals surface area (Å²) in [6, 6.07) is 62.4. The second-order valence-corrected chi connectivity index (χ2v) is 24.0. The molecule has 0 N–H and O–H groups in total. The lowest BCUT2D eigenvalue weighted by Crippen LogP contribution is -2.26. The molecule has 10 rings (SSSR count). The fourth-order valence-electron chi connectivity index (χ4n) is 10.3. The average molecular weight is 935 g/mol. The summed E-state index contributed by atoms with van der Waals surface area (Å²) >= 11 is 0. The van der Waals surface area contributed by atoms with Crippen LogP contribution in [0.15, 0.2) is 176 Å². The van der Waals surface area contributed by atoms with E-state index in [2.05, 4.69) is 274 Å². The number of rotatable bonds is 9. The zero-order valence-corrected chi connectivity index (χ0v) is 44.1. The fraction of sp³-hybridized carbons (Fsp3) is 0.288. The third-order valence-electron chi connectivity index (χ3n) is 15.2. The highest BCUT2D eigenvalue weighted by Crippen LogP contribution is 2.49. The summed E-state index contributed by atoms with van der Waals surface area (Å²) in [5.74, 6) is 2.42. The average Bonchev–Trinajstić information content (AvgIpc) is 3.89. The molecular formula is C66H70N4O. The quantitative estimate of drug-likeness (QED) is 0.144. The van der Waals surface area contributed by atoms with Crippen LogP contribution in [0.3, 0.4) is 0 Å². The molecule has 71 heavy (non-hydrogen) atoms. The first-order valence-electron chi connectivity index (χ1n) is 25.4. The summed E-state index contributed by atoms with van der Waals surface area (Å²) in [6.07, 6.45) is 1.95. The Hall–Kier alpha value is -7.11. The molecule has 0 unspecified atom stereocenters. The Morgan fingerprint density at radius 1 is 0.380 bits per heavy atom. The van der Waals surface area contributed by atoms with E-state index in [1.165, 1.54) is 61.4 Å². The van der Waals surface area contributed by atoms with Crippen molar-refractivity contribution in [1.29, 1.82) is 0 Å². The van der Waals surface area contributed by atoms with Gasteiger partial charge in [0.05, 0.1) is 22.4 Å². The second kappa shape index (κ2) is 17.3. The summed E-state index contributed by atoms with van der Waals surface area (Å²) in [5.41, 5.74) is 15.3. The standard InChI is InChI=1S/C66H70N4O/c1-62(2,3)46-27-31-57-56(38-46)55-30-29-54(42-59(55)70(57)61-40-48(33-34-67-61)65(10,11)44-21-16-14-17-22-44)71-53-26-20-25-51(41-53)68-43-69(58-32-28-47(39-60(58)68)63(4,5)6)52-36-49(64(7,8)9)35-50(37-52)66(12,13)45-23-18-15-19-24-45/h14-42H,43H2,1-13H3. The zero-order chi connectivity index (χ0) is 50.3. The Balaban J connectivity index is 1.05. The van der Waals surface area contributed by atoms with Gasteiger partial charge in [0.1, 0.15) is 24.0 Å². The van der Waals surface area contributed by atoms with E-state index in [1.807, 2.05) is 6.20 Å². The van der Waals surface area contributed by atoms with E-state index < -0.39 is 0 Å². The number of anilines is 4. The highest BCUT2D eigenvalue weighted by atomic mass is 16.5. The van der Waals surface area contributed by atoms with Crippen molar-refractivity contribution in [2.24, 2.45) is 0 Å². The Bertz CT molecular complexity index is 3430. The van der Waals surface area contributed by atoms with Gasteiger partial charge in [-0.3, -0.25) is 4.57 Å². The van der Waals surface area contributed by atoms with Crippen molar-refractivity contribution < 1.29 is 4.74 Å². The molecule has 0 fully saturated rings. The van der Waals surface area contributed by atoms with Crippen molar-refractivity contribution in [3.05, 3.63) is 215 Å². The number of nitrogens with zero attached hydrogens (tertiary/aromatic N) is 4. The smallest absolute Gasteiger partial charge is 0.137 e. The van der Waals surface area contributed by atoms with E-state index in [9.17, 15) is 0 Å². The lowest BCUT2D eigenvalue weighted by Gasteiger charge is -2.31. The van der Waals surface area contributed by atoms with Crippen LogP contribution in [-0.4, -0.2) is 16.2 Å². The summed E-state index contributed by atoms with van der Waals surface area (Å²) < 4.78 is 9.25. The van der Waals surface area contributed by atoms with Gasteiger partial charge in [-0.1, -0.05) is 175 Å². The Labute approximate surface area is 422 Å². The highest BCUT2D eigenvalue weighted by Gasteiger charge is 2.33. The number of hydrogen-bond acceptors (Lipinski definition) is 4. The largest absolute Gasteiger partial charge is 0.457 e. The van der Waals surface area contributed by atoms with E-state index >= 15 is 0 Å². The molecule has 0 bridgehead atoms. The van der Waals surface area contributed by atoms with Gasteiger partial charge in [0.15, 0.2) is 0 Å². The molecule has 0 atom stereocenters. The maximum absolute atomic E-state index is 6.94. The zero-order valence-electron chi connectivity index (χ0n) is 44.1. The Morgan fingerprint density at radius 2 is 0.972 bits per heavy atom. The Morgan fingerprint density at radius 3 is 1.63 bits per heavy atom. The molecule has 2 aromatic heterocycles. The minimum Gasteiger partial charge on any atom is -0.457 e. The van der Waals surface area contributed by atoms with Crippen LogP contribution in [-0.2, 0) is 27.1 Å². The first-order valence-corrected chi connectivity index (χ1v) is 25.4. The van der Waals surface area contributed by atoms with Crippen LogP contribution in [0.5, 0.6) is 11.5 Å². The van der Waals surface area contributed by atoms with Crippen molar-refractivity contribution in [3.63, 3.8) is 0 Å². The fourth-order valence-corrected chi connectivity index (χ4v) is 10.3. The minimum absolute atomic E-state index is 0.00551. The second-order valence-electron chi connectivity index (χ2n) is 24.0. The number of hydrogen-bond donors (Lipinski definition) is 0. The summed E-state index contributed by atoms with van der Waals surface area (Å²) in [5, 5.41) is 2.36. The van der Waals surface area contributed by atoms with E-state index in [0.29, 0.717) is 6.67 Å². The summed E-state index contributed by atoms with van der Waals surface area (Å²) in [6.45, 7) is 30.6. The molecule has 0 saturated carbocycles. The molecule has 1 aliphatic rings. The first-order chi connectivity index (χ1) is 33.6. The van der Waals surface area contributed by atoms with Gasteiger partial charge in [-0.25, -0.2) is 4.98 Å². The molecule has 1 aliphatic heterocycles. The topological polar surface area (TPSA) is 33.5 Å². The molecule has 5 nitrogen and oxygen atoms in total. The van der Waals surface area contributed by atoms with Crippen molar-refractivity contribution in [2.45, 2.75) is 117 Å². The molecule has 360 valence electrons. The summed E-state index contributed by atoms with van der Waals surface area (Å²) in [4.78, 5) is 10.0. The van der Waals surface area contributed by atoms with Crippen LogP contribution < -0.4 is 14.5 Å². The van der Waals surface area contributed by atoms with Crippen LogP contribution in [0.2, 0.25) is 0 Å². The number of aromatic nitrogens is 2. The molecule has 0 aliphatic carbocycles. The predicted octanol–water partition coefficient (Wildman–Crippen LogP) is 17.8. The lowest BCUT2D eigenvalue weighted by atomic mass is 9.75. The van der Waals surface area contributed by atoms with Crippen molar-refractivity contribution >= 4 is 44.6 Å². The third-order valence-corrected chi connectivity index (χ3v) is 15.2. The normalized spacial score (nSPS) is 13.6. The molecule has 7 aromatic carbocycles. The first kappa shape index (κ1) is 47.6. The van der Waals surface area contributed by atoms with Crippen molar-refractivity contribution in [1.82, 2.24) is 9.55 Å². The monoisotopic (exact) mass is 935 g/mol. The predicted molar refractivity (Wildman–Crippen MR) is 300 cm³/mol. The van der Waals surface area contributed by atoms with Crippen molar-refractivity contribution in [2.75, 3.05) is 16.5 Å². The van der Waals surface area contributed by atoms with Gasteiger partial charge in [0.2, 0.25) is 0 Å². The molecule has 5 heteroatoms. The van der Waals surface area contributed by atoms with Crippen LogP contribution in [0.1, 0.15) is 129 Å². The van der Waals surface area contributed by atoms with Gasteiger partial charge >= 0.3 is 0 Å². The maximum atomic E-state index is 6.94. The van der Waals surface area contributed by atoms with Crippen LogP contribution in [0, 0.1) is 0 Å². The van der Waals surface area contributed by atoms with Gasteiger partial charge in [-0.2, -0.15) is 0 Å². The summed E-state index contributed by atoms with van der Waals surface area (Å²) in [7, 11) is 0. The van der Waals surface area contributed by atoms with Gasteiger partial charge in [-0.15, -0.1) is 0 Å². The number of pyridine rings is 1. The van der Waals surface area contributed by atoms with E-state index in [0.717, 1.165) is 39.4 Å². The maximum Gasteiger partial charge on any atom is 0.137 e. The minimum atomic E-state index is -0.226. The van der Waals surface area contributed by atoms with Gasteiger partial charge in [0.25, 0.3) is 0 Å². The van der Waals surface area contributed by atoms with Gasteiger partial charge in [0, 0.05) is 51.3 Å². The van der Waals surface area contributed by atoms with Gasteiger partial charge < -0.3 is 14.5 Å². The van der Waals surface area contributed by atoms with Crippen LogP contribution in [0.4, 0.5) is 22.7 Å². The molecule has 3 heterocycles. The third kappa shape index (κ3) is 8.90. The lowest BCUT2D eigenvalue weighted by molar-refractivity contribution is 0.483. The van der Waals surface area contributed by atoms with E-state index in [-0.39, 0.29) is 27.1 Å². The number of fused-ring (bicyclic) bond motifs is 4. The SMILES string of the molecule is CC(C)(C)c1cc(N2CN(c3cccc(Oc4ccc5c6cc(C(C)(C)C)ccc6n(-c6cc(C(C)(C)c7ccccc7)ccn6)c5c4)c3)c3cc(C(C)(C)C)ccc32)cc(C(C)(C)c2ccccc2)c1.